The van der Waals surface area contributed by atoms with Gasteiger partial charge in [0.2, 0.25) is 5.95 Å². The van der Waals surface area contributed by atoms with Crippen molar-refractivity contribution in [2.75, 3.05) is 28.5 Å². The molecule has 1 aromatic carbocycles. The van der Waals surface area contributed by atoms with E-state index in [9.17, 15) is 4.79 Å². The highest BCUT2D eigenvalue weighted by Crippen LogP contribution is 2.34. The number of carbonyl (C=O) groups is 1. The first-order valence-electron chi connectivity index (χ1n) is 12.0. The van der Waals surface area contributed by atoms with Crippen molar-refractivity contribution in [3.63, 3.8) is 0 Å². The first-order chi connectivity index (χ1) is 16.2. The quantitative estimate of drug-likeness (QED) is 0.386. The lowest BCUT2D eigenvalue weighted by Crippen LogP contribution is -2.49. The van der Waals surface area contributed by atoms with Gasteiger partial charge in [-0.05, 0) is 43.9 Å². The van der Waals surface area contributed by atoms with Gasteiger partial charge in [0.15, 0.2) is 0 Å². The lowest BCUT2D eigenvalue weighted by molar-refractivity contribution is 0.147. The van der Waals surface area contributed by atoms with Crippen LogP contribution >= 0.6 is 11.6 Å². The van der Waals surface area contributed by atoms with Gasteiger partial charge in [-0.3, -0.25) is 9.80 Å². The van der Waals surface area contributed by atoms with Crippen molar-refractivity contribution < 1.29 is 9.53 Å². The van der Waals surface area contributed by atoms with Crippen LogP contribution in [0.5, 0.6) is 0 Å². The van der Waals surface area contributed by atoms with Crippen LogP contribution in [0.3, 0.4) is 0 Å². The van der Waals surface area contributed by atoms with Crippen LogP contribution in [0.4, 0.5) is 22.2 Å². The number of fused-ring (bicyclic) bond motifs is 1. The number of carbonyl (C=O) groups excluding carboxylic acids is 1. The zero-order valence-electron chi connectivity index (χ0n) is 20.3. The van der Waals surface area contributed by atoms with Gasteiger partial charge in [0.05, 0.1) is 17.3 Å². The fraction of sp³-hybridized carbons (Fsp3) is 0.542. The maximum absolute atomic E-state index is 13.6. The lowest BCUT2D eigenvalue weighted by atomic mass is 9.92. The van der Waals surface area contributed by atoms with E-state index in [4.69, 9.17) is 27.1 Å². The van der Waals surface area contributed by atoms with E-state index >= 15 is 0 Å². The Balaban J connectivity index is 1.57. The minimum atomic E-state index is -1.25. The Labute approximate surface area is 207 Å². The lowest BCUT2D eigenvalue weighted by Gasteiger charge is -2.36. The fourth-order valence-corrected chi connectivity index (χ4v) is 5.24. The van der Waals surface area contributed by atoms with E-state index in [1.165, 1.54) is 0 Å². The van der Waals surface area contributed by atoms with Gasteiger partial charge in [0.1, 0.15) is 12.5 Å². The van der Waals surface area contributed by atoms with E-state index in [1.54, 1.807) is 22.1 Å². The predicted octanol–water partition coefficient (Wildman–Crippen LogP) is 5.07. The molecule has 2 amide bonds. The third-order valence-corrected chi connectivity index (χ3v) is 8.38. The average Bonchev–Trinajstić information content (AvgIpc) is 2.79. The van der Waals surface area contributed by atoms with E-state index in [2.05, 4.69) is 29.9 Å². The predicted molar refractivity (Wildman–Crippen MR) is 140 cm³/mol. The second kappa shape index (κ2) is 10.6. The Hall–Kier alpha value is -2.20. The number of aromatic nitrogens is 2. The summed E-state index contributed by atoms with van der Waals surface area (Å²) in [7, 11) is -1.25. The van der Waals surface area contributed by atoms with E-state index < -0.39 is 8.07 Å². The van der Waals surface area contributed by atoms with Crippen LogP contribution in [0.25, 0.3) is 0 Å². The highest BCUT2D eigenvalue weighted by atomic mass is 35.5. The molecule has 184 valence electrons. The van der Waals surface area contributed by atoms with E-state index in [0.29, 0.717) is 41.7 Å². The molecule has 34 heavy (non-hydrogen) atoms. The van der Waals surface area contributed by atoms with Crippen molar-refractivity contribution in [2.45, 2.75) is 70.0 Å². The molecule has 1 aliphatic carbocycles. The number of hydrogen-bond acceptors (Lipinski definition) is 6. The average molecular weight is 503 g/mol. The van der Waals surface area contributed by atoms with Crippen LogP contribution in [-0.4, -0.2) is 49.5 Å². The van der Waals surface area contributed by atoms with Crippen LogP contribution in [-0.2, 0) is 11.3 Å². The molecule has 3 N–H and O–H groups in total. The number of halogens is 1. The van der Waals surface area contributed by atoms with Crippen molar-refractivity contribution in [3.8, 4) is 0 Å². The molecule has 0 bridgehead atoms. The highest BCUT2D eigenvalue weighted by molar-refractivity contribution is 6.76. The first kappa shape index (κ1) is 24.9. The van der Waals surface area contributed by atoms with Crippen molar-refractivity contribution in [3.05, 3.63) is 41.0 Å². The smallest absolute Gasteiger partial charge is 0.332 e. The van der Waals surface area contributed by atoms with E-state index in [-0.39, 0.29) is 18.8 Å². The summed E-state index contributed by atoms with van der Waals surface area (Å²) in [6.07, 6.45) is 5.76. The summed E-state index contributed by atoms with van der Waals surface area (Å²) in [5.74, 6) is 1.12. The van der Waals surface area contributed by atoms with Gasteiger partial charge in [0, 0.05) is 38.5 Å². The Kier molecular flexibility index (Phi) is 7.76. The number of hydrogen-bond donors (Lipinski definition) is 2. The fourth-order valence-electron chi connectivity index (χ4n) is 4.24. The van der Waals surface area contributed by atoms with Crippen molar-refractivity contribution >= 4 is 43.2 Å². The number of nitrogens with two attached hydrogens (primary N) is 1. The molecule has 2 aliphatic rings. The van der Waals surface area contributed by atoms with Crippen molar-refractivity contribution in [2.24, 2.45) is 5.73 Å². The molecule has 0 radical (unpaired) electrons. The maximum atomic E-state index is 13.6. The summed E-state index contributed by atoms with van der Waals surface area (Å²) in [6.45, 7) is 8.01. The SMILES string of the molecule is C[Si](C)(C)CCOCN1C(=O)N(c2ccccc2Cl)Cc2cnc(NC3CCC(N)CC3)nc21. The van der Waals surface area contributed by atoms with Gasteiger partial charge in [-0.2, -0.15) is 4.98 Å². The summed E-state index contributed by atoms with van der Waals surface area (Å²) in [5.41, 5.74) is 7.55. The molecule has 0 unspecified atom stereocenters. The number of anilines is 3. The maximum Gasteiger partial charge on any atom is 0.332 e. The molecule has 0 saturated heterocycles. The normalized spacial score (nSPS) is 20.9. The zero-order valence-corrected chi connectivity index (χ0v) is 22.0. The van der Waals surface area contributed by atoms with Gasteiger partial charge >= 0.3 is 6.03 Å². The largest absolute Gasteiger partial charge is 0.361 e. The molecule has 1 fully saturated rings. The summed E-state index contributed by atoms with van der Waals surface area (Å²) in [4.78, 5) is 26.2. The molecule has 4 rings (SSSR count). The Bertz CT molecular complexity index is 1010. The summed E-state index contributed by atoms with van der Waals surface area (Å²) in [5, 5.41) is 3.96. The van der Waals surface area contributed by atoms with Gasteiger partial charge < -0.3 is 15.8 Å². The molecule has 0 atom stereocenters. The second-order valence-corrected chi connectivity index (χ2v) is 16.4. The highest BCUT2D eigenvalue weighted by Gasteiger charge is 2.34. The van der Waals surface area contributed by atoms with Crippen LogP contribution in [0, 0.1) is 0 Å². The first-order valence-corrected chi connectivity index (χ1v) is 16.1. The standard InChI is InChI=1S/C24H35ClN6O2Si/c1-34(2,3)13-12-33-16-31-22-17(15-30(24(31)32)21-7-5-4-6-20(21)25)14-27-23(29-22)28-19-10-8-18(26)9-11-19/h4-7,14,18-19H,8-13,15-16,26H2,1-3H3,(H,27,28,29). The summed E-state index contributed by atoms with van der Waals surface area (Å²) >= 11 is 6.43. The minimum absolute atomic E-state index is 0.131. The third-order valence-electron chi connectivity index (χ3n) is 6.35. The van der Waals surface area contributed by atoms with Crippen LogP contribution in [0.1, 0.15) is 31.2 Å². The van der Waals surface area contributed by atoms with Crippen LogP contribution in [0.15, 0.2) is 30.5 Å². The summed E-state index contributed by atoms with van der Waals surface area (Å²) < 4.78 is 5.98. The Morgan fingerprint density at radius 1 is 1.21 bits per heavy atom. The second-order valence-electron chi connectivity index (χ2n) is 10.4. The molecule has 1 aliphatic heterocycles. The number of ether oxygens (including phenoxy) is 1. The molecular formula is C24H35ClN6O2Si. The molecule has 2 aromatic rings. The third kappa shape index (κ3) is 6.07. The number of benzene rings is 1. The molecular weight excluding hydrogens is 468 g/mol. The number of nitrogens with zero attached hydrogens (tertiary/aromatic N) is 4. The monoisotopic (exact) mass is 502 g/mol. The Morgan fingerprint density at radius 2 is 1.94 bits per heavy atom. The van der Waals surface area contributed by atoms with Gasteiger partial charge in [-0.1, -0.05) is 43.4 Å². The topological polar surface area (TPSA) is 96.6 Å². The number of para-hydroxylation sites is 1. The van der Waals surface area contributed by atoms with E-state index in [1.807, 2.05) is 18.2 Å². The van der Waals surface area contributed by atoms with Crippen LogP contribution < -0.4 is 20.9 Å². The van der Waals surface area contributed by atoms with Crippen molar-refractivity contribution in [1.29, 1.82) is 0 Å². The number of rotatable bonds is 8. The molecule has 1 aromatic heterocycles. The Morgan fingerprint density at radius 3 is 2.65 bits per heavy atom. The van der Waals surface area contributed by atoms with Crippen molar-refractivity contribution in [1.82, 2.24) is 9.97 Å². The minimum Gasteiger partial charge on any atom is -0.361 e. The molecule has 2 heterocycles. The molecule has 8 nitrogen and oxygen atoms in total. The van der Waals surface area contributed by atoms with Crippen LogP contribution in [0.2, 0.25) is 30.7 Å². The molecule has 1 saturated carbocycles. The molecule has 10 heteroatoms. The zero-order chi connectivity index (χ0) is 24.3. The van der Waals surface area contributed by atoms with Gasteiger partial charge in [0.25, 0.3) is 0 Å². The number of nitrogens with one attached hydrogen (secondary N) is 1. The summed E-state index contributed by atoms with van der Waals surface area (Å²) in [6, 6.07) is 8.74. The van der Waals surface area contributed by atoms with E-state index in [0.717, 1.165) is 37.3 Å². The van der Waals surface area contributed by atoms with Gasteiger partial charge in [-0.15, -0.1) is 0 Å². The number of amides is 2. The van der Waals surface area contributed by atoms with Gasteiger partial charge in [-0.25, -0.2) is 9.78 Å². The number of urea groups is 1. The molecule has 0 spiro atoms.